The maximum atomic E-state index is 11.2. The van der Waals surface area contributed by atoms with Crippen molar-refractivity contribution in [3.63, 3.8) is 0 Å². The summed E-state index contributed by atoms with van der Waals surface area (Å²) in [6, 6.07) is 0. The predicted molar refractivity (Wildman–Crippen MR) is 64.3 cm³/mol. The average molecular weight is 228 g/mol. The van der Waals surface area contributed by atoms with Crippen molar-refractivity contribution in [1.82, 2.24) is 0 Å². The highest BCUT2D eigenvalue weighted by atomic mass is 16.5. The Morgan fingerprint density at radius 1 is 0.938 bits per heavy atom. The zero-order valence-corrected chi connectivity index (χ0v) is 10.6. The van der Waals surface area contributed by atoms with E-state index in [9.17, 15) is 9.59 Å². The van der Waals surface area contributed by atoms with Gasteiger partial charge in [-0.25, -0.2) is 0 Å². The van der Waals surface area contributed by atoms with Gasteiger partial charge in [-0.2, -0.15) is 0 Å². The number of hydrogen-bond acceptors (Lipinski definition) is 3. The summed E-state index contributed by atoms with van der Waals surface area (Å²) < 4.78 is 5.05. The fraction of sp³-hybridized carbons (Fsp3) is 0.846. The highest BCUT2D eigenvalue weighted by molar-refractivity contribution is 5.78. The van der Waals surface area contributed by atoms with Crippen LogP contribution in [0.3, 0.4) is 0 Å². The van der Waals surface area contributed by atoms with Gasteiger partial charge in [-0.1, -0.05) is 26.7 Å². The zero-order chi connectivity index (χ0) is 12.2. The Morgan fingerprint density at radius 2 is 1.62 bits per heavy atom. The summed E-state index contributed by atoms with van der Waals surface area (Å²) in [6.45, 7) is 4.53. The molecule has 0 heterocycles. The van der Waals surface area contributed by atoms with Crippen molar-refractivity contribution in [1.29, 1.82) is 0 Å². The van der Waals surface area contributed by atoms with E-state index < -0.39 is 0 Å². The Labute approximate surface area is 98.6 Å². The molecule has 0 aliphatic heterocycles. The Hall–Kier alpha value is -0.860. The number of carbonyl (C=O) groups is 2. The SMILES string of the molecule is CCCCCOC(=O)CCCCC(=O)CC. The van der Waals surface area contributed by atoms with E-state index in [1.807, 2.05) is 6.92 Å². The van der Waals surface area contributed by atoms with Crippen molar-refractivity contribution >= 4 is 11.8 Å². The summed E-state index contributed by atoms with van der Waals surface area (Å²) in [7, 11) is 0. The smallest absolute Gasteiger partial charge is 0.305 e. The quantitative estimate of drug-likeness (QED) is 0.426. The molecule has 0 aliphatic carbocycles. The van der Waals surface area contributed by atoms with Crippen molar-refractivity contribution in [2.75, 3.05) is 6.61 Å². The lowest BCUT2D eigenvalue weighted by Gasteiger charge is -2.03. The molecule has 0 saturated carbocycles. The van der Waals surface area contributed by atoms with Gasteiger partial charge in [0.25, 0.3) is 0 Å². The van der Waals surface area contributed by atoms with Gasteiger partial charge in [-0.05, 0) is 19.3 Å². The first kappa shape index (κ1) is 15.1. The maximum Gasteiger partial charge on any atom is 0.305 e. The van der Waals surface area contributed by atoms with Crippen molar-refractivity contribution in [2.45, 2.75) is 65.2 Å². The van der Waals surface area contributed by atoms with Crippen molar-refractivity contribution in [3.8, 4) is 0 Å². The summed E-state index contributed by atoms with van der Waals surface area (Å²) >= 11 is 0. The van der Waals surface area contributed by atoms with Crippen molar-refractivity contribution in [2.24, 2.45) is 0 Å². The second-order valence-electron chi connectivity index (χ2n) is 4.03. The third-order valence-corrected chi connectivity index (χ3v) is 2.49. The third-order valence-electron chi connectivity index (χ3n) is 2.49. The molecule has 0 aromatic carbocycles. The molecule has 0 N–H and O–H groups in total. The van der Waals surface area contributed by atoms with Crippen LogP contribution in [0.5, 0.6) is 0 Å². The Bertz CT molecular complexity index is 199. The van der Waals surface area contributed by atoms with Gasteiger partial charge in [0.2, 0.25) is 0 Å². The standard InChI is InChI=1S/C13H24O3/c1-3-5-8-11-16-13(15)10-7-6-9-12(14)4-2/h3-11H2,1-2H3. The Balaban J connectivity index is 3.27. The molecule has 0 aromatic rings. The first-order valence-corrected chi connectivity index (χ1v) is 6.38. The van der Waals surface area contributed by atoms with Gasteiger partial charge < -0.3 is 4.74 Å². The van der Waals surface area contributed by atoms with Crippen LogP contribution in [0.25, 0.3) is 0 Å². The summed E-state index contributed by atoms with van der Waals surface area (Å²) in [5.41, 5.74) is 0. The molecule has 0 atom stereocenters. The number of Topliss-reactive ketones (excluding diaryl/α,β-unsaturated/α-hetero) is 1. The number of ketones is 1. The lowest BCUT2D eigenvalue weighted by Crippen LogP contribution is -2.06. The van der Waals surface area contributed by atoms with Crippen LogP contribution in [-0.2, 0) is 14.3 Å². The summed E-state index contributed by atoms with van der Waals surface area (Å²) in [5.74, 6) is 0.149. The predicted octanol–water partition coefficient (Wildman–Crippen LogP) is 3.26. The molecular formula is C13H24O3. The largest absolute Gasteiger partial charge is 0.466 e. The van der Waals surface area contributed by atoms with E-state index in [1.165, 1.54) is 0 Å². The van der Waals surface area contributed by atoms with Crippen LogP contribution in [0.2, 0.25) is 0 Å². The van der Waals surface area contributed by atoms with E-state index in [0.717, 1.165) is 32.1 Å². The Morgan fingerprint density at radius 3 is 2.25 bits per heavy atom. The Kier molecular flexibility index (Phi) is 10.1. The summed E-state index contributed by atoms with van der Waals surface area (Å²) in [4.78, 5) is 22.2. The molecule has 0 fully saturated rings. The van der Waals surface area contributed by atoms with E-state index in [0.29, 0.717) is 25.9 Å². The molecule has 3 nitrogen and oxygen atoms in total. The fourth-order valence-corrected chi connectivity index (χ4v) is 1.38. The average Bonchev–Trinajstić information content (AvgIpc) is 2.30. The van der Waals surface area contributed by atoms with Gasteiger partial charge in [-0.3, -0.25) is 9.59 Å². The van der Waals surface area contributed by atoms with E-state index in [-0.39, 0.29) is 11.8 Å². The van der Waals surface area contributed by atoms with Gasteiger partial charge in [0, 0.05) is 19.3 Å². The second kappa shape index (κ2) is 10.7. The van der Waals surface area contributed by atoms with Gasteiger partial charge >= 0.3 is 5.97 Å². The van der Waals surface area contributed by atoms with E-state index in [1.54, 1.807) is 0 Å². The van der Waals surface area contributed by atoms with E-state index >= 15 is 0 Å². The van der Waals surface area contributed by atoms with Gasteiger partial charge in [-0.15, -0.1) is 0 Å². The molecule has 0 aromatic heterocycles. The number of rotatable bonds is 10. The molecule has 0 saturated heterocycles. The zero-order valence-electron chi connectivity index (χ0n) is 10.6. The highest BCUT2D eigenvalue weighted by Gasteiger charge is 2.03. The van der Waals surface area contributed by atoms with Crippen LogP contribution in [0.4, 0.5) is 0 Å². The summed E-state index contributed by atoms with van der Waals surface area (Å²) in [6.07, 6.45) is 6.41. The van der Waals surface area contributed by atoms with Gasteiger partial charge in [0.15, 0.2) is 0 Å². The lowest BCUT2D eigenvalue weighted by molar-refractivity contribution is -0.144. The van der Waals surface area contributed by atoms with Gasteiger partial charge in [0.05, 0.1) is 6.61 Å². The fourth-order valence-electron chi connectivity index (χ4n) is 1.38. The van der Waals surface area contributed by atoms with Crippen LogP contribution < -0.4 is 0 Å². The summed E-state index contributed by atoms with van der Waals surface area (Å²) in [5, 5.41) is 0. The van der Waals surface area contributed by atoms with Crippen LogP contribution in [-0.4, -0.2) is 18.4 Å². The first-order chi connectivity index (χ1) is 7.70. The number of carbonyl (C=O) groups excluding carboxylic acids is 2. The molecule has 0 bridgehead atoms. The minimum Gasteiger partial charge on any atom is -0.466 e. The van der Waals surface area contributed by atoms with E-state index in [2.05, 4.69) is 6.92 Å². The lowest BCUT2D eigenvalue weighted by atomic mass is 10.1. The molecule has 0 spiro atoms. The number of ether oxygens (including phenoxy) is 1. The molecule has 16 heavy (non-hydrogen) atoms. The minimum atomic E-state index is -0.125. The topological polar surface area (TPSA) is 43.4 Å². The number of hydrogen-bond donors (Lipinski definition) is 0. The van der Waals surface area contributed by atoms with Gasteiger partial charge in [0.1, 0.15) is 5.78 Å². The minimum absolute atomic E-state index is 0.125. The third kappa shape index (κ3) is 9.69. The molecule has 0 radical (unpaired) electrons. The van der Waals surface area contributed by atoms with Crippen molar-refractivity contribution < 1.29 is 14.3 Å². The molecular weight excluding hydrogens is 204 g/mol. The molecule has 94 valence electrons. The number of unbranched alkanes of at least 4 members (excludes halogenated alkanes) is 3. The van der Waals surface area contributed by atoms with Crippen LogP contribution in [0.15, 0.2) is 0 Å². The monoisotopic (exact) mass is 228 g/mol. The molecule has 0 amide bonds. The van der Waals surface area contributed by atoms with Crippen LogP contribution in [0.1, 0.15) is 65.2 Å². The maximum absolute atomic E-state index is 11.2. The molecule has 0 aliphatic rings. The van der Waals surface area contributed by atoms with Crippen molar-refractivity contribution in [3.05, 3.63) is 0 Å². The normalized spacial score (nSPS) is 10.1. The van der Waals surface area contributed by atoms with Crippen LogP contribution >= 0.6 is 0 Å². The molecule has 3 heteroatoms. The number of esters is 1. The molecule has 0 unspecified atom stereocenters. The molecule has 0 rings (SSSR count). The first-order valence-electron chi connectivity index (χ1n) is 6.38. The second-order valence-corrected chi connectivity index (χ2v) is 4.03. The highest BCUT2D eigenvalue weighted by Crippen LogP contribution is 2.04. The van der Waals surface area contributed by atoms with E-state index in [4.69, 9.17) is 4.74 Å². The van der Waals surface area contributed by atoms with Crippen LogP contribution in [0, 0.1) is 0 Å².